The van der Waals surface area contributed by atoms with Gasteiger partial charge < -0.3 is 0 Å². The molecule has 3 rings (SSSR count). The lowest BCUT2D eigenvalue weighted by atomic mass is 10.2. The molecule has 18 heavy (non-hydrogen) atoms. The summed E-state index contributed by atoms with van der Waals surface area (Å²) >= 11 is 1.58. The van der Waals surface area contributed by atoms with E-state index in [-0.39, 0.29) is 0 Å². The Morgan fingerprint density at radius 2 is 1.94 bits per heavy atom. The molecule has 0 saturated carbocycles. The van der Waals surface area contributed by atoms with E-state index in [1.165, 1.54) is 6.42 Å². The number of benzene rings is 1. The molecule has 0 aliphatic carbocycles. The summed E-state index contributed by atoms with van der Waals surface area (Å²) in [6.07, 6.45) is 3.57. The molecular weight excluding hydrogens is 263 g/mol. The first-order chi connectivity index (χ1) is 8.68. The van der Waals surface area contributed by atoms with Crippen molar-refractivity contribution in [3.8, 4) is 0 Å². The van der Waals surface area contributed by atoms with Crippen molar-refractivity contribution in [1.29, 1.82) is 0 Å². The molecular formula is C13H17N2OPS. The largest absolute Gasteiger partial charge is 0.299 e. The molecule has 0 amide bonds. The van der Waals surface area contributed by atoms with E-state index in [4.69, 9.17) is 0 Å². The molecule has 2 heterocycles. The maximum atomic E-state index is 13.0. The van der Waals surface area contributed by atoms with Gasteiger partial charge in [-0.05, 0) is 25.0 Å². The summed E-state index contributed by atoms with van der Waals surface area (Å²) < 4.78 is 17.1. The Morgan fingerprint density at radius 3 is 2.67 bits per heavy atom. The van der Waals surface area contributed by atoms with Gasteiger partial charge in [-0.1, -0.05) is 18.6 Å². The number of aromatic nitrogens is 1. The Hall–Kier alpha value is -0.700. The Balaban J connectivity index is 1.99. The number of piperidine rings is 1. The van der Waals surface area contributed by atoms with E-state index in [0.29, 0.717) is 0 Å². The van der Waals surface area contributed by atoms with Crippen LogP contribution in [0.1, 0.15) is 19.3 Å². The summed E-state index contributed by atoms with van der Waals surface area (Å²) in [6, 6.07) is 8.03. The number of rotatable bonds is 2. The third-order valence-corrected chi connectivity index (χ3v) is 7.93. The molecule has 5 heteroatoms. The van der Waals surface area contributed by atoms with E-state index in [2.05, 4.69) is 9.65 Å². The number of thiazole rings is 1. The highest BCUT2D eigenvalue weighted by molar-refractivity contribution is 7.74. The van der Waals surface area contributed by atoms with Crippen LogP contribution >= 0.6 is 18.6 Å². The molecule has 96 valence electrons. The van der Waals surface area contributed by atoms with Crippen LogP contribution in [0, 0.1) is 0 Å². The molecule has 1 aromatic carbocycles. The Kier molecular flexibility index (Phi) is 3.27. The standard InChI is InChI=1S/C13H17N2OPS/c1-17(16,15-9-5-2-6-10-15)13-14-11-7-3-4-8-12(11)18-13/h3-4,7-8H,2,5-6,9-10H2,1H3. The van der Waals surface area contributed by atoms with Crippen molar-refractivity contribution < 1.29 is 4.57 Å². The van der Waals surface area contributed by atoms with E-state index < -0.39 is 7.29 Å². The topological polar surface area (TPSA) is 33.2 Å². The molecule has 1 aliphatic heterocycles. The summed E-state index contributed by atoms with van der Waals surface area (Å²) in [5, 5.41) is 0. The molecule has 0 bridgehead atoms. The summed E-state index contributed by atoms with van der Waals surface area (Å²) in [5.74, 6) is 0. The van der Waals surface area contributed by atoms with E-state index in [9.17, 15) is 4.57 Å². The highest BCUT2D eigenvalue weighted by Crippen LogP contribution is 2.47. The predicted octanol–water partition coefficient (Wildman–Crippen LogP) is 3.32. The third-order valence-electron chi connectivity index (χ3n) is 3.51. The van der Waals surface area contributed by atoms with Crippen LogP contribution in [0.2, 0.25) is 0 Å². The van der Waals surface area contributed by atoms with Crippen molar-refractivity contribution in [2.75, 3.05) is 19.8 Å². The number of fused-ring (bicyclic) bond motifs is 1. The molecule has 3 nitrogen and oxygen atoms in total. The van der Waals surface area contributed by atoms with Gasteiger partial charge in [-0.25, -0.2) is 9.65 Å². The molecule has 1 unspecified atom stereocenters. The van der Waals surface area contributed by atoms with Gasteiger partial charge in [0.1, 0.15) is 0 Å². The van der Waals surface area contributed by atoms with E-state index in [1.807, 2.05) is 30.9 Å². The van der Waals surface area contributed by atoms with Crippen LogP contribution in [-0.4, -0.2) is 29.4 Å². The second-order valence-corrected chi connectivity index (χ2v) is 8.94. The molecule has 1 aliphatic rings. The first kappa shape index (κ1) is 12.3. The van der Waals surface area contributed by atoms with Crippen LogP contribution in [0.5, 0.6) is 0 Å². The van der Waals surface area contributed by atoms with Crippen LogP contribution in [-0.2, 0) is 4.57 Å². The number of para-hydroxylation sites is 1. The second kappa shape index (κ2) is 4.76. The highest BCUT2D eigenvalue weighted by atomic mass is 32.1. The summed E-state index contributed by atoms with van der Waals surface area (Å²) in [4.78, 5) is 4.57. The van der Waals surface area contributed by atoms with E-state index in [0.717, 1.165) is 40.9 Å². The maximum Gasteiger partial charge on any atom is 0.203 e. The molecule has 2 aromatic rings. The Morgan fingerprint density at radius 1 is 1.22 bits per heavy atom. The average molecular weight is 280 g/mol. The first-order valence-electron chi connectivity index (χ1n) is 6.37. The van der Waals surface area contributed by atoms with E-state index in [1.54, 1.807) is 11.3 Å². The third kappa shape index (κ3) is 2.13. The van der Waals surface area contributed by atoms with Crippen molar-refractivity contribution in [1.82, 2.24) is 9.65 Å². The van der Waals surface area contributed by atoms with Gasteiger partial charge in [0.05, 0.1) is 10.2 Å². The van der Waals surface area contributed by atoms with Gasteiger partial charge in [0.2, 0.25) is 7.29 Å². The second-order valence-electron chi connectivity index (χ2n) is 4.86. The van der Waals surface area contributed by atoms with Crippen LogP contribution in [0.4, 0.5) is 0 Å². The van der Waals surface area contributed by atoms with Gasteiger partial charge in [-0.3, -0.25) is 4.57 Å². The van der Waals surface area contributed by atoms with Gasteiger partial charge >= 0.3 is 0 Å². The molecule has 1 saturated heterocycles. The number of nitrogens with zero attached hydrogens (tertiary/aromatic N) is 2. The summed E-state index contributed by atoms with van der Waals surface area (Å²) in [7, 11) is -2.45. The number of hydrogen-bond donors (Lipinski definition) is 0. The zero-order valence-corrected chi connectivity index (χ0v) is 12.2. The van der Waals surface area contributed by atoms with Crippen LogP contribution in [0.3, 0.4) is 0 Å². The molecule has 0 N–H and O–H groups in total. The zero-order valence-electron chi connectivity index (χ0n) is 10.5. The fraction of sp³-hybridized carbons (Fsp3) is 0.462. The quantitative estimate of drug-likeness (QED) is 0.791. The fourth-order valence-electron chi connectivity index (χ4n) is 2.42. The maximum absolute atomic E-state index is 13.0. The Bertz CT molecular complexity index is 571. The number of hydrogen-bond acceptors (Lipinski definition) is 3. The molecule has 0 radical (unpaired) electrons. The minimum absolute atomic E-state index is 0.811. The van der Waals surface area contributed by atoms with Crippen LogP contribution in [0.15, 0.2) is 24.3 Å². The van der Waals surface area contributed by atoms with Gasteiger partial charge in [-0.2, -0.15) is 0 Å². The normalized spacial score (nSPS) is 20.9. The fourth-order valence-corrected chi connectivity index (χ4v) is 6.02. The summed E-state index contributed by atoms with van der Waals surface area (Å²) in [5.41, 5.74) is 0.969. The molecule has 1 atom stereocenters. The van der Waals surface area contributed by atoms with Crippen LogP contribution in [0.25, 0.3) is 10.2 Å². The minimum Gasteiger partial charge on any atom is -0.299 e. The van der Waals surface area contributed by atoms with Crippen molar-refractivity contribution in [3.05, 3.63) is 24.3 Å². The van der Waals surface area contributed by atoms with Crippen molar-refractivity contribution in [2.45, 2.75) is 19.3 Å². The zero-order chi connectivity index (χ0) is 12.6. The van der Waals surface area contributed by atoms with E-state index >= 15 is 0 Å². The predicted molar refractivity (Wildman–Crippen MR) is 78.2 cm³/mol. The Labute approximate surface area is 111 Å². The minimum atomic E-state index is -2.45. The summed E-state index contributed by atoms with van der Waals surface area (Å²) in [6.45, 7) is 3.77. The smallest absolute Gasteiger partial charge is 0.203 e. The molecule has 1 aromatic heterocycles. The van der Waals surface area contributed by atoms with Gasteiger partial charge in [0.25, 0.3) is 0 Å². The lowest BCUT2D eigenvalue weighted by molar-refractivity contribution is 0.351. The molecule has 1 fully saturated rings. The first-order valence-corrected chi connectivity index (χ1v) is 9.29. The average Bonchev–Trinajstić information content (AvgIpc) is 2.84. The lowest BCUT2D eigenvalue weighted by Crippen LogP contribution is -2.30. The van der Waals surface area contributed by atoms with Crippen molar-refractivity contribution in [2.24, 2.45) is 0 Å². The molecule has 0 spiro atoms. The van der Waals surface area contributed by atoms with Crippen molar-refractivity contribution in [3.63, 3.8) is 0 Å². The van der Waals surface area contributed by atoms with Gasteiger partial charge in [0, 0.05) is 19.8 Å². The lowest BCUT2D eigenvalue weighted by Gasteiger charge is -2.30. The van der Waals surface area contributed by atoms with Crippen molar-refractivity contribution >= 4 is 33.6 Å². The SMILES string of the molecule is CP(=O)(c1nc2ccccc2s1)N1CCCCC1. The monoisotopic (exact) mass is 280 g/mol. The van der Waals surface area contributed by atoms with Crippen LogP contribution < -0.4 is 4.75 Å². The van der Waals surface area contributed by atoms with Gasteiger partial charge in [-0.15, -0.1) is 11.3 Å². The van der Waals surface area contributed by atoms with Gasteiger partial charge in [0.15, 0.2) is 4.75 Å². The highest BCUT2D eigenvalue weighted by Gasteiger charge is 2.31.